The molecule has 0 radical (unpaired) electrons. The number of rotatable bonds is 6. The molecule has 1 aliphatic rings. The van der Waals surface area contributed by atoms with Crippen LogP contribution in [0.1, 0.15) is 12.0 Å². The molecule has 0 saturated carbocycles. The van der Waals surface area contributed by atoms with Crippen LogP contribution >= 0.6 is 0 Å². The molecule has 0 aliphatic carbocycles. The SMILES string of the molecule is C=CC(=O)N1CCC(OC(=O)NC(Cc2ccccc2)B(O)O)C1. The van der Waals surface area contributed by atoms with E-state index in [1.807, 2.05) is 30.3 Å². The number of benzene rings is 1. The predicted octanol–water partition coefficient (Wildman–Crippen LogP) is 0.123. The normalized spacial score (nSPS) is 17.9. The second kappa shape index (κ2) is 8.51. The van der Waals surface area contributed by atoms with Crippen LogP contribution in [-0.2, 0) is 16.0 Å². The first-order chi connectivity index (χ1) is 11.5. The van der Waals surface area contributed by atoms with Gasteiger partial charge in [0.2, 0.25) is 5.91 Å². The minimum Gasteiger partial charge on any atom is -0.444 e. The van der Waals surface area contributed by atoms with Crippen LogP contribution in [0.2, 0.25) is 0 Å². The van der Waals surface area contributed by atoms with Crippen LogP contribution < -0.4 is 5.32 Å². The fourth-order valence-corrected chi connectivity index (χ4v) is 2.59. The van der Waals surface area contributed by atoms with Gasteiger partial charge in [-0.15, -0.1) is 0 Å². The highest BCUT2D eigenvalue weighted by Gasteiger charge is 2.30. The highest BCUT2D eigenvalue weighted by atomic mass is 16.6. The minimum absolute atomic E-state index is 0.200. The maximum absolute atomic E-state index is 12.0. The Balaban J connectivity index is 1.85. The van der Waals surface area contributed by atoms with Crippen molar-refractivity contribution in [2.75, 3.05) is 13.1 Å². The van der Waals surface area contributed by atoms with E-state index in [9.17, 15) is 19.6 Å². The van der Waals surface area contributed by atoms with E-state index in [0.29, 0.717) is 19.5 Å². The molecular formula is C16H21BN2O5. The summed E-state index contributed by atoms with van der Waals surface area (Å²) >= 11 is 0. The lowest BCUT2D eigenvalue weighted by Gasteiger charge is -2.20. The Labute approximate surface area is 141 Å². The van der Waals surface area contributed by atoms with E-state index in [4.69, 9.17) is 4.74 Å². The van der Waals surface area contributed by atoms with Crippen molar-refractivity contribution in [2.24, 2.45) is 0 Å². The lowest BCUT2D eigenvalue weighted by molar-refractivity contribution is -0.125. The molecule has 0 aromatic heterocycles. The molecule has 1 fully saturated rings. The molecule has 24 heavy (non-hydrogen) atoms. The number of amides is 2. The van der Waals surface area contributed by atoms with Crippen molar-refractivity contribution in [3.63, 3.8) is 0 Å². The van der Waals surface area contributed by atoms with Gasteiger partial charge in [-0.25, -0.2) is 4.79 Å². The van der Waals surface area contributed by atoms with E-state index < -0.39 is 25.3 Å². The number of nitrogens with zero attached hydrogens (tertiary/aromatic N) is 1. The lowest BCUT2D eigenvalue weighted by atomic mass is 9.76. The van der Waals surface area contributed by atoms with Crippen molar-refractivity contribution < 1.29 is 24.4 Å². The number of alkyl carbamates (subject to hydrolysis) is 1. The Kier molecular flexibility index (Phi) is 6.40. The predicted molar refractivity (Wildman–Crippen MR) is 88.9 cm³/mol. The molecule has 7 nitrogen and oxygen atoms in total. The van der Waals surface area contributed by atoms with Gasteiger partial charge < -0.3 is 25.0 Å². The number of carbonyl (C=O) groups is 2. The standard InChI is InChI=1S/C16H21BN2O5/c1-2-15(20)19-9-8-13(11-19)24-16(21)18-14(17(22)23)10-12-6-4-3-5-7-12/h2-7,13-14,22-23H,1,8-11H2,(H,18,21). The summed E-state index contributed by atoms with van der Waals surface area (Å²) in [5, 5.41) is 21.4. The zero-order valence-corrected chi connectivity index (χ0v) is 13.3. The Bertz CT molecular complexity index is 581. The van der Waals surface area contributed by atoms with Crippen molar-refractivity contribution in [2.45, 2.75) is 24.9 Å². The molecule has 1 saturated heterocycles. The molecule has 3 N–H and O–H groups in total. The molecule has 1 aromatic rings. The summed E-state index contributed by atoms with van der Waals surface area (Å²) in [6, 6.07) is 9.18. The smallest absolute Gasteiger partial charge is 0.444 e. The van der Waals surface area contributed by atoms with Crippen molar-refractivity contribution in [1.82, 2.24) is 10.2 Å². The second-order valence-electron chi connectivity index (χ2n) is 5.66. The van der Waals surface area contributed by atoms with E-state index in [1.165, 1.54) is 6.08 Å². The molecule has 1 aliphatic heterocycles. The average Bonchev–Trinajstić information content (AvgIpc) is 3.02. The summed E-state index contributed by atoms with van der Waals surface area (Å²) in [5.74, 6) is -1.08. The van der Waals surface area contributed by atoms with E-state index in [0.717, 1.165) is 5.56 Å². The highest BCUT2D eigenvalue weighted by Crippen LogP contribution is 2.13. The molecule has 0 bridgehead atoms. The molecule has 2 rings (SSSR count). The molecule has 2 amide bonds. The molecule has 0 spiro atoms. The molecule has 1 aromatic carbocycles. The van der Waals surface area contributed by atoms with Crippen LogP contribution in [0, 0.1) is 0 Å². The first kappa shape index (κ1) is 18.0. The van der Waals surface area contributed by atoms with Crippen molar-refractivity contribution >= 4 is 19.1 Å². The molecule has 128 valence electrons. The van der Waals surface area contributed by atoms with E-state index in [1.54, 1.807) is 4.90 Å². The minimum atomic E-state index is -1.71. The summed E-state index contributed by atoms with van der Waals surface area (Å²) in [7, 11) is -1.71. The maximum Gasteiger partial charge on any atom is 0.475 e. The van der Waals surface area contributed by atoms with Gasteiger partial charge in [0.25, 0.3) is 0 Å². The van der Waals surface area contributed by atoms with Gasteiger partial charge in [-0.1, -0.05) is 36.9 Å². The molecule has 2 unspecified atom stereocenters. The third kappa shape index (κ3) is 5.11. The van der Waals surface area contributed by atoms with Crippen molar-refractivity contribution in [3.8, 4) is 0 Å². The van der Waals surface area contributed by atoms with Crippen LogP contribution in [0.15, 0.2) is 43.0 Å². The third-order valence-corrected chi connectivity index (χ3v) is 3.87. The van der Waals surface area contributed by atoms with Gasteiger partial charge in [-0.05, 0) is 18.1 Å². The summed E-state index contributed by atoms with van der Waals surface area (Å²) in [4.78, 5) is 25.0. The van der Waals surface area contributed by atoms with Crippen molar-refractivity contribution in [3.05, 3.63) is 48.6 Å². The van der Waals surface area contributed by atoms with Gasteiger partial charge in [0.05, 0.1) is 12.5 Å². The van der Waals surface area contributed by atoms with Gasteiger partial charge in [-0.3, -0.25) is 4.79 Å². The van der Waals surface area contributed by atoms with Crippen molar-refractivity contribution in [1.29, 1.82) is 0 Å². The molecule has 1 heterocycles. The Morgan fingerprint density at radius 2 is 2.12 bits per heavy atom. The van der Waals surface area contributed by atoms with E-state index >= 15 is 0 Å². The third-order valence-electron chi connectivity index (χ3n) is 3.87. The Morgan fingerprint density at radius 3 is 2.75 bits per heavy atom. The first-order valence-electron chi connectivity index (χ1n) is 7.78. The number of ether oxygens (including phenoxy) is 1. The van der Waals surface area contributed by atoms with Gasteiger partial charge in [0.15, 0.2) is 0 Å². The van der Waals surface area contributed by atoms with E-state index in [2.05, 4.69) is 11.9 Å². The summed E-state index contributed by atoms with van der Waals surface area (Å²) in [6.45, 7) is 4.23. The van der Waals surface area contributed by atoms with Crippen LogP contribution in [0.25, 0.3) is 0 Å². The number of nitrogens with one attached hydrogen (secondary N) is 1. The zero-order chi connectivity index (χ0) is 17.5. The fourth-order valence-electron chi connectivity index (χ4n) is 2.59. The number of hydrogen-bond donors (Lipinski definition) is 3. The summed E-state index contributed by atoms with van der Waals surface area (Å²) in [5.41, 5.74) is 0.861. The number of carbonyl (C=O) groups excluding carboxylic acids is 2. The van der Waals surface area contributed by atoms with Crippen LogP contribution in [-0.4, -0.2) is 59.2 Å². The van der Waals surface area contributed by atoms with Gasteiger partial charge in [0.1, 0.15) is 6.10 Å². The largest absolute Gasteiger partial charge is 0.475 e. The summed E-state index contributed by atoms with van der Waals surface area (Å²) in [6.07, 6.45) is 0.877. The molecular weight excluding hydrogens is 311 g/mol. The molecule has 2 atom stereocenters. The topological polar surface area (TPSA) is 99.1 Å². The van der Waals surface area contributed by atoms with E-state index in [-0.39, 0.29) is 12.3 Å². The lowest BCUT2D eigenvalue weighted by Crippen LogP contribution is -2.48. The summed E-state index contributed by atoms with van der Waals surface area (Å²) < 4.78 is 5.25. The van der Waals surface area contributed by atoms with Crippen LogP contribution in [0.3, 0.4) is 0 Å². The first-order valence-corrected chi connectivity index (χ1v) is 7.78. The molecule has 8 heteroatoms. The average molecular weight is 332 g/mol. The Hall–Kier alpha value is -2.32. The maximum atomic E-state index is 12.0. The fraction of sp³-hybridized carbons (Fsp3) is 0.375. The second-order valence-corrected chi connectivity index (χ2v) is 5.66. The zero-order valence-electron chi connectivity index (χ0n) is 13.3. The van der Waals surface area contributed by atoms with Gasteiger partial charge in [0, 0.05) is 13.0 Å². The quantitative estimate of drug-likeness (QED) is 0.508. The Morgan fingerprint density at radius 1 is 1.42 bits per heavy atom. The van der Waals surface area contributed by atoms with Gasteiger partial charge in [-0.2, -0.15) is 0 Å². The number of hydrogen-bond acceptors (Lipinski definition) is 5. The van der Waals surface area contributed by atoms with Gasteiger partial charge >= 0.3 is 13.2 Å². The monoisotopic (exact) mass is 332 g/mol. The van der Waals surface area contributed by atoms with Crippen LogP contribution in [0.4, 0.5) is 4.79 Å². The van der Waals surface area contributed by atoms with Crippen LogP contribution in [0.5, 0.6) is 0 Å². The highest BCUT2D eigenvalue weighted by molar-refractivity contribution is 6.43. The number of likely N-dealkylation sites (tertiary alicyclic amines) is 1.